The Morgan fingerprint density at radius 2 is 1.88 bits per heavy atom. The summed E-state index contributed by atoms with van der Waals surface area (Å²) in [6.07, 6.45) is 7.69. The minimum absolute atomic E-state index is 0.824. The monoisotopic (exact) mass is 235 g/mol. The second-order valence-electron chi connectivity index (χ2n) is 4.48. The number of thioether (sulfide) groups is 1. The Balaban J connectivity index is 1.90. The Bertz CT molecular complexity index is 336. The first-order valence-electron chi connectivity index (χ1n) is 6.35. The number of unbranched alkanes of at least 4 members (excludes halogenated alkanes) is 1. The average molecular weight is 235 g/mol. The summed E-state index contributed by atoms with van der Waals surface area (Å²) in [5, 5.41) is 0. The summed E-state index contributed by atoms with van der Waals surface area (Å²) < 4.78 is 0. The molecule has 1 aliphatic rings. The van der Waals surface area contributed by atoms with Crippen LogP contribution in [0.15, 0.2) is 23.1 Å². The van der Waals surface area contributed by atoms with Crippen molar-refractivity contribution >= 4 is 11.8 Å². The van der Waals surface area contributed by atoms with Crippen molar-refractivity contribution in [1.29, 1.82) is 0 Å². The van der Waals surface area contributed by atoms with Crippen LogP contribution in [-0.2, 0) is 12.8 Å². The van der Waals surface area contributed by atoms with Crippen LogP contribution in [0.25, 0.3) is 0 Å². The van der Waals surface area contributed by atoms with Crippen molar-refractivity contribution < 1.29 is 0 Å². The maximum atomic E-state index is 5.49. The normalized spacial score (nSPS) is 14.8. The van der Waals surface area contributed by atoms with E-state index in [-0.39, 0.29) is 0 Å². The fourth-order valence-corrected chi connectivity index (χ4v) is 3.21. The Kier molecular flexibility index (Phi) is 4.73. The van der Waals surface area contributed by atoms with E-state index in [9.17, 15) is 0 Å². The molecule has 0 atom stereocenters. The van der Waals surface area contributed by atoms with Gasteiger partial charge in [0.1, 0.15) is 0 Å². The first kappa shape index (κ1) is 12.0. The molecule has 1 nitrogen and oxygen atoms in total. The summed E-state index contributed by atoms with van der Waals surface area (Å²) in [6.45, 7) is 0.824. The second-order valence-corrected chi connectivity index (χ2v) is 5.65. The third kappa shape index (κ3) is 3.26. The van der Waals surface area contributed by atoms with E-state index in [2.05, 4.69) is 18.2 Å². The Morgan fingerprint density at radius 3 is 2.69 bits per heavy atom. The molecule has 0 spiro atoms. The highest BCUT2D eigenvalue weighted by Crippen LogP contribution is 2.27. The zero-order chi connectivity index (χ0) is 11.2. The molecule has 0 saturated carbocycles. The van der Waals surface area contributed by atoms with Crippen molar-refractivity contribution in [2.75, 3.05) is 12.3 Å². The zero-order valence-electron chi connectivity index (χ0n) is 9.87. The predicted molar refractivity (Wildman–Crippen MR) is 72.1 cm³/mol. The van der Waals surface area contributed by atoms with Crippen LogP contribution in [0.3, 0.4) is 0 Å². The Labute approximate surface area is 103 Å². The molecule has 0 aliphatic heterocycles. The van der Waals surface area contributed by atoms with E-state index < -0.39 is 0 Å². The minimum atomic E-state index is 0.824. The van der Waals surface area contributed by atoms with Crippen molar-refractivity contribution in [2.24, 2.45) is 5.73 Å². The van der Waals surface area contributed by atoms with Crippen LogP contribution >= 0.6 is 11.8 Å². The van der Waals surface area contributed by atoms with Crippen molar-refractivity contribution in [3.05, 3.63) is 29.3 Å². The molecule has 2 N–H and O–H groups in total. The highest BCUT2D eigenvalue weighted by Gasteiger charge is 2.09. The van der Waals surface area contributed by atoms with Crippen LogP contribution in [0.2, 0.25) is 0 Å². The van der Waals surface area contributed by atoms with Gasteiger partial charge in [0.15, 0.2) is 0 Å². The predicted octanol–water partition coefficient (Wildman–Crippen LogP) is 3.40. The van der Waals surface area contributed by atoms with Gasteiger partial charge in [-0.2, -0.15) is 0 Å². The second kappa shape index (κ2) is 6.31. The van der Waals surface area contributed by atoms with Gasteiger partial charge in [-0.3, -0.25) is 0 Å². The van der Waals surface area contributed by atoms with E-state index in [1.54, 1.807) is 11.1 Å². The summed E-state index contributed by atoms with van der Waals surface area (Å²) in [7, 11) is 0. The number of rotatable bonds is 5. The Hall–Kier alpha value is -0.470. The molecule has 0 heterocycles. The third-order valence-electron chi connectivity index (χ3n) is 3.19. The minimum Gasteiger partial charge on any atom is -0.330 e. The molecule has 0 aromatic heterocycles. The van der Waals surface area contributed by atoms with Crippen molar-refractivity contribution in [2.45, 2.75) is 43.4 Å². The van der Waals surface area contributed by atoms with Crippen molar-refractivity contribution in [3.8, 4) is 0 Å². The zero-order valence-corrected chi connectivity index (χ0v) is 10.7. The lowest BCUT2D eigenvalue weighted by atomic mass is 9.92. The molecular formula is C14H21NS. The molecule has 1 aromatic rings. The smallest absolute Gasteiger partial charge is 0.00748 e. The molecule has 0 unspecified atom stereocenters. The summed E-state index contributed by atoms with van der Waals surface area (Å²) in [5.74, 6) is 1.20. The maximum absolute atomic E-state index is 5.49. The van der Waals surface area contributed by atoms with Gasteiger partial charge in [-0.15, -0.1) is 11.8 Å². The maximum Gasteiger partial charge on any atom is 0.00748 e. The highest BCUT2D eigenvalue weighted by atomic mass is 32.2. The summed E-state index contributed by atoms with van der Waals surface area (Å²) >= 11 is 1.98. The topological polar surface area (TPSA) is 26.0 Å². The lowest BCUT2D eigenvalue weighted by Gasteiger charge is -2.16. The van der Waals surface area contributed by atoms with Gasteiger partial charge in [0.2, 0.25) is 0 Å². The van der Waals surface area contributed by atoms with E-state index in [0.29, 0.717) is 0 Å². The molecule has 88 valence electrons. The van der Waals surface area contributed by atoms with E-state index in [4.69, 9.17) is 5.73 Å². The van der Waals surface area contributed by atoms with Gasteiger partial charge in [0, 0.05) is 4.90 Å². The fourth-order valence-electron chi connectivity index (χ4n) is 2.24. The van der Waals surface area contributed by atoms with Gasteiger partial charge in [-0.05, 0) is 74.1 Å². The number of aryl methyl sites for hydroxylation is 2. The van der Waals surface area contributed by atoms with Gasteiger partial charge < -0.3 is 5.73 Å². The fraction of sp³-hybridized carbons (Fsp3) is 0.571. The highest BCUT2D eigenvalue weighted by molar-refractivity contribution is 7.99. The van der Waals surface area contributed by atoms with Gasteiger partial charge >= 0.3 is 0 Å². The molecule has 0 fully saturated rings. The third-order valence-corrected chi connectivity index (χ3v) is 4.27. The van der Waals surface area contributed by atoms with Gasteiger partial charge in [0.05, 0.1) is 0 Å². The summed E-state index contributed by atoms with van der Waals surface area (Å²) in [5.41, 5.74) is 8.66. The molecular weight excluding hydrogens is 214 g/mol. The molecule has 1 aromatic carbocycles. The first-order valence-corrected chi connectivity index (χ1v) is 7.33. The Morgan fingerprint density at radius 1 is 1.06 bits per heavy atom. The lowest BCUT2D eigenvalue weighted by Crippen LogP contribution is -2.02. The van der Waals surface area contributed by atoms with E-state index in [1.807, 2.05) is 11.8 Å². The van der Waals surface area contributed by atoms with Crippen LogP contribution in [0, 0.1) is 0 Å². The van der Waals surface area contributed by atoms with Gasteiger partial charge in [0.25, 0.3) is 0 Å². The van der Waals surface area contributed by atoms with Crippen LogP contribution in [-0.4, -0.2) is 12.3 Å². The van der Waals surface area contributed by atoms with Crippen LogP contribution in [0.4, 0.5) is 0 Å². The average Bonchev–Trinajstić information content (AvgIpc) is 2.34. The van der Waals surface area contributed by atoms with Crippen LogP contribution < -0.4 is 5.73 Å². The SMILES string of the molecule is NCCCCSc1ccc2c(c1)CCCC2. The molecule has 0 amide bonds. The largest absolute Gasteiger partial charge is 0.330 e. The standard InChI is InChI=1S/C14H21NS/c15-9-3-4-10-16-14-8-7-12-5-1-2-6-13(12)11-14/h7-8,11H,1-6,9-10,15H2. The van der Waals surface area contributed by atoms with E-state index in [1.165, 1.54) is 42.8 Å². The summed E-state index contributed by atoms with van der Waals surface area (Å²) in [4.78, 5) is 1.44. The molecule has 0 radical (unpaired) electrons. The molecule has 1 aliphatic carbocycles. The van der Waals surface area contributed by atoms with Gasteiger partial charge in [-0.25, -0.2) is 0 Å². The van der Waals surface area contributed by atoms with Crippen molar-refractivity contribution in [3.63, 3.8) is 0 Å². The number of hydrogen-bond acceptors (Lipinski definition) is 2. The van der Waals surface area contributed by atoms with E-state index in [0.717, 1.165) is 13.0 Å². The molecule has 0 saturated heterocycles. The van der Waals surface area contributed by atoms with E-state index >= 15 is 0 Å². The number of hydrogen-bond donors (Lipinski definition) is 1. The van der Waals surface area contributed by atoms with Gasteiger partial charge in [-0.1, -0.05) is 6.07 Å². The number of nitrogens with two attached hydrogens (primary N) is 1. The molecule has 16 heavy (non-hydrogen) atoms. The lowest BCUT2D eigenvalue weighted by molar-refractivity contribution is 0.683. The summed E-state index contributed by atoms with van der Waals surface area (Å²) in [6, 6.07) is 7.03. The van der Waals surface area contributed by atoms with Crippen LogP contribution in [0.1, 0.15) is 36.8 Å². The van der Waals surface area contributed by atoms with Crippen LogP contribution in [0.5, 0.6) is 0 Å². The first-order chi connectivity index (χ1) is 7.90. The van der Waals surface area contributed by atoms with Crippen molar-refractivity contribution in [1.82, 2.24) is 0 Å². The number of benzene rings is 1. The molecule has 0 bridgehead atoms. The number of fused-ring (bicyclic) bond motifs is 1. The molecule has 2 heteroatoms. The molecule has 2 rings (SSSR count). The quantitative estimate of drug-likeness (QED) is 0.625.